The van der Waals surface area contributed by atoms with Crippen molar-refractivity contribution in [3.8, 4) is 11.3 Å². The van der Waals surface area contributed by atoms with Gasteiger partial charge in [-0.25, -0.2) is 14.5 Å². The van der Waals surface area contributed by atoms with Crippen molar-refractivity contribution in [3.63, 3.8) is 0 Å². The average molecular weight is 364 g/mol. The summed E-state index contributed by atoms with van der Waals surface area (Å²) in [5, 5.41) is 9.38. The smallest absolute Gasteiger partial charge is 0.295 e. The third-order valence-electron chi connectivity index (χ3n) is 4.02. The minimum Gasteiger partial charge on any atom is -0.295 e. The van der Waals surface area contributed by atoms with Crippen LogP contribution in [0.4, 0.5) is 5.13 Å². The van der Waals surface area contributed by atoms with E-state index in [1.165, 1.54) is 21.4 Å². The summed E-state index contributed by atoms with van der Waals surface area (Å²) in [5.74, 6) is 0.0546. The number of nitrogens with zero attached hydrogens (tertiary/aromatic N) is 5. The van der Waals surface area contributed by atoms with E-state index < -0.39 is 5.91 Å². The molecule has 0 aliphatic heterocycles. The van der Waals surface area contributed by atoms with Crippen LogP contribution in [-0.2, 0) is 6.42 Å². The SMILES string of the molecule is CCc1ccc(-c2csc(NC(=O)c3nc4nccc(C)n4n3)n2)cc1. The highest BCUT2D eigenvalue weighted by molar-refractivity contribution is 7.14. The van der Waals surface area contributed by atoms with Crippen molar-refractivity contribution in [2.24, 2.45) is 0 Å². The molecular weight excluding hydrogens is 348 g/mol. The average Bonchev–Trinajstić information content (AvgIpc) is 3.29. The summed E-state index contributed by atoms with van der Waals surface area (Å²) in [7, 11) is 0. The molecule has 1 amide bonds. The van der Waals surface area contributed by atoms with Gasteiger partial charge in [-0.1, -0.05) is 31.2 Å². The Labute approximate surface area is 153 Å². The predicted octanol–water partition coefficient (Wildman–Crippen LogP) is 3.37. The van der Waals surface area contributed by atoms with Crippen molar-refractivity contribution in [3.05, 3.63) is 59.0 Å². The van der Waals surface area contributed by atoms with Gasteiger partial charge in [0, 0.05) is 22.8 Å². The molecule has 0 spiro atoms. The van der Waals surface area contributed by atoms with Gasteiger partial charge in [0.15, 0.2) is 5.13 Å². The highest BCUT2D eigenvalue weighted by atomic mass is 32.1. The number of hydrogen-bond acceptors (Lipinski definition) is 6. The van der Waals surface area contributed by atoms with Crippen LogP contribution in [0.1, 0.15) is 28.8 Å². The molecule has 0 aliphatic rings. The summed E-state index contributed by atoms with van der Waals surface area (Å²) in [6, 6.07) is 10.1. The number of nitrogens with one attached hydrogen (secondary N) is 1. The van der Waals surface area contributed by atoms with Crippen LogP contribution in [0.5, 0.6) is 0 Å². The fourth-order valence-corrected chi connectivity index (χ4v) is 3.25. The van der Waals surface area contributed by atoms with E-state index in [-0.39, 0.29) is 5.82 Å². The summed E-state index contributed by atoms with van der Waals surface area (Å²) in [4.78, 5) is 25.2. The number of aromatic nitrogens is 5. The number of carbonyl (C=O) groups excluding carboxylic acids is 1. The first-order valence-corrected chi connectivity index (χ1v) is 9.06. The molecule has 0 atom stereocenters. The second-order valence-electron chi connectivity index (χ2n) is 5.78. The number of carbonyl (C=O) groups is 1. The molecule has 4 aromatic rings. The second-order valence-corrected chi connectivity index (χ2v) is 6.63. The largest absolute Gasteiger partial charge is 0.297 e. The van der Waals surface area contributed by atoms with E-state index in [9.17, 15) is 4.79 Å². The Morgan fingerprint density at radius 1 is 1.19 bits per heavy atom. The minimum atomic E-state index is -0.405. The molecule has 3 heterocycles. The third kappa shape index (κ3) is 3.06. The third-order valence-corrected chi connectivity index (χ3v) is 4.77. The molecule has 8 heteroatoms. The Kier molecular flexibility index (Phi) is 4.18. The van der Waals surface area contributed by atoms with E-state index in [4.69, 9.17) is 0 Å². The Hall–Kier alpha value is -3.13. The molecule has 0 bridgehead atoms. The van der Waals surface area contributed by atoms with Crippen molar-refractivity contribution >= 4 is 28.2 Å². The Balaban J connectivity index is 1.54. The van der Waals surface area contributed by atoms with Crippen LogP contribution in [0.2, 0.25) is 0 Å². The maximum absolute atomic E-state index is 12.4. The van der Waals surface area contributed by atoms with E-state index >= 15 is 0 Å². The number of thiazole rings is 1. The predicted molar refractivity (Wildman–Crippen MR) is 100 cm³/mol. The highest BCUT2D eigenvalue weighted by Crippen LogP contribution is 2.25. The summed E-state index contributed by atoms with van der Waals surface area (Å²) in [6.45, 7) is 4.00. The highest BCUT2D eigenvalue weighted by Gasteiger charge is 2.16. The summed E-state index contributed by atoms with van der Waals surface area (Å²) >= 11 is 1.37. The minimum absolute atomic E-state index is 0.0656. The molecule has 0 saturated heterocycles. The van der Waals surface area contributed by atoms with Crippen LogP contribution in [0, 0.1) is 6.92 Å². The van der Waals surface area contributed by atoms with E-state index in [0.717, 1.165) is 23.4 Å². The van der Waals surface area contributed by atoms with E-state index in [1.807, 2.05) is 24.4 Å². The van der Waals surface area contributed by atoms with Gasteiger partial charge in [0.25, 0.3) is 11.7 Å². The van der Waals surface area contributed by atoms with Crippen LogP contribution in [-0.4, -0.2) is 30.5 Å². The number of fused-ring (bicyclic) bond motifs is 1. The van der Waals surface area contributed by atoms with Crippen molar-refractivity contribution < 1.29 is 4.79 Å². The van der Waals surface area contributed by atoms with Crippen LogP contribution in [0.3, 0.4) is 0 Å². The Bertz CT molecular complexity index is 1080. The molecule has 130 valence electrons. The molecule has 0 aliphatic carbocycles. The lowest BCUT2D eigenvalue weighted by Crippen LogP contribution is -2.13. The Morgan fingerprint density at radius 2 is 2.00 bits per heavy atom. The van der Waals surface area contributed by atoms with E-state index in [0.29, 0.717) is 10.9 Å². The lowest BCUT2D eigenvalue weighted by Gasteiger charge is -1.99. The van der Waals surface area contributed by atoms with E-state index in [2.05, 4.69) is 44.4 Å². The van der Waals surface area contributed by atoms with Crippen molar-refractivity contribution in [2.75, 3.05) is 5.32 Å². The van der Waals surface area contributed by atoms with Gasteiger partial charge < -0.3 is 0 Å². The molecule has 7 nitrogen and oxygen atoms in total. The molecule has 1 N–H and O–H groups in total. The molecule has 1 aromatic carbocycles. The normalized spacial score (nSPS) is 11.0. The molecule has 0 fully saturated rings. The zero-order valence-electron chi connectivity index (χ0n) is 14.3. The fourth-order valence-electron chi connectivity index (χ4n) is 2.53. The van der Waals surface area contributed by atoms with Crippen molar-refractivity contribution in [2.45, 2.75) is 20.3 Å². The summed E-state index contributed by atoms with van der Waals surface area (Å²) < 4.78 is 1.54. The van der Waals surface area contributed by atoms with Crippen LogP contribution < -0.4 is 5.32 Å². The quantitative estimate of drug-likeness (QED) is 0.600. The van der Waals surface area contributed by atoms with Gasteiger partial charge in [-0.15, -0.1) is 16.4 Å². The molecular formula is C18H16N6OS. The topological polar surface area (TPSA) is 85.1 Å². The van der Waals surface area contributed by atoms with Crippen molar-refractivity contribution in [1.29, 1.82) is 0 Å². The van der Waals surface area contributed by atoms with Gasteiger partial charge in [-0.3, -0.25) is 10.1 Å². The molecule has 4 rings (SSSR count). The number of aryl methyl sites for hydroxylation is 2. The maximum Gasteiger partial charge on any atom is 0.297 e. The summed E-state index contributed by atoms with van der Waals surface area (Å²) in [5.41, 5.74) is 3.98. The van der Waals surface area contributed by atoms with E-state index in [1.54, 1.807) is 12.3 Å². The second kappa shape index (κ2) is 6.64. The first-order chi connectivity index (χ1) is 12.6. The number of benzene rings is 1. The number of anilines is 1. The number of hydrogen-bond donors (Lipinski definition) is 1. The van der Waals surface area contributed by atoms with Crippen LogP contribution in [0.25, 0.3) is 17.0 Å². The first-order valence-electron chi connectivity index (χ1n) is 8.18. The lowest BCUT2D eigenvalue weighted by atomic mass is 10.1. The van der Waals surface area contributed by atoms with Gasteiger partial charge in [0.2, 0.25) is 5.82 Å². The summed E-state index contributed by atoms with van der Waals surface area (Å²) in [6.07, 6.45) is 2.64. The maximum atomic E-state index is 12.4. The molecule has 3 aromatic heterocycles. The zero-order chi connectivity index (χ0) is 18.1. The lowest BCUT2D eigenvalue weighted by molar-refractivity contribution is 0.101. The molecule has 26 heavy (non-hydrogen) atoms. The molecule has 0 saturated carbocycles. The van der Waals surface area contributed by atoms with Gasteiger partial charge >= 0.3 is 0 Å². The molecule has 0 radical (unpaired) electrons. The van der Waals surface area contributed by atoms with Crippen LogP contribution in [0.15, 0.2) is 41.9 Å². The Morgan fingerprint density at radius 3 is 2.73 bits per heavy atom. The fraction of sp³-hybridized carbons (Fsp3) is 0.167. The van der Waals surface area contributed by atoms with Gasteiger partial charge in [0.05, 0.1) is 5.69 Å². The number of amides is 1. The van der Waals surface area contributed by atoms with Gasteiger partial charge in [0.1, 0.15) is 0 Å². The van der Waals surface area contributed by atoms with Crippen molar-refractivity contribution in [1.82, 2.24) is 24.6 Å². The first kappa shape index (κ1) is 16.3. The van der Waals surface area contributed by atoms with Gasteiger partial charge in [-0.2, -0.15) is 4.98 Å². The number of rotatable bonds is 4. The van der Waals surface area contributed by atoms with Gasteiger partial charge in [-0.05, 0) is 25.0 Å². The standard InChI is InChI=1S/C18H16N6OS/c1-3-12-4-6-13(7-5-12)14-10-26-18(20-14)22-16(25)15-21-17-19-9-8-11(2)24(17)23-15/h4-10H,3H2,1-2H3,(H,20,22,25). The monoisotopic (exact) mass is 364 g/mol. The zero-order valence-corrected chi connectivity index (χ0v) is 15.1. The van der Waals surface area contributed by atoms with Crippen LogP contribution >= 0.6 is 11.3 Å². The molecule has 0 unspecified atom stereocenters.